The summed E-state index contributed by atoms with van der Waals surface area (Å²) in [5.74, 6) is 1.24. The van der Waals surface area contributed by atoms with Crippen molar-refractivity contribution in [3.05, 3.63) is 93.0 Å². The maximum atomic E-state index is 11.7. The van der Waals surface area contributed by atoms with Crippen LogP contribution in [0.4, 0.5) is 0 Å². The van der Waals surface area contributed by atoms with Crippen LogP contribution in [-0.2, 0) is 23.4 Å². The third-order valence-corrected chi connectivity index (χ3v) is 9.39. The lowest BCUT2D eigenvalue weighted by molar-refractivity contribution is -0.0592. The van der Waals surface area contributed by atoms with E-state index in [4.69, 9.17) is 37.7 Å². The maximum Gasteiger partial charge on any atom is 0.335 e. The number of halogens is 2. The number of hydrogen-bond donors (Lipinski definition) is 1. The summed E-state index contributed by atoms with van der Waals surface area (Å²) in [6.45, 7) is 5.95. The number of nitrogens with zero attached hydrogens (tertiary/aromatic N) is 4. The van der Waals surface area contributed by atoms with Crippen molar-refractivity contribution in [2.45, 2.75) is 56.9 Å². The molecule has 8 nitrogen and oxygen atoms in total. The molecule has 2 fully saturated rings. The summed E-state index contributed by atoms with van der Waals surface area (Å²) in [6.07, 6.45) is 8.80. The number of imidazole rings is 1. The number of aromatic carboxylic acids is 1. The van der Waals surface area contributed by atoms with Crippen LogP contribution in [0.25, 0.3) is 17.1 Å². The van der Waals surface area contributed by atoms with E-state index in [2.05, 4.69) is 38.7 Å². The van der Waals surface area contributed by atoms with E-state index in [0.717, 1.165) is 67.1 Å². The molecule has 4 aromatic rings. The predicted molar refractivity (Wildman–Crippen MR) is 166 cm³/mol. The van der Waals surface area contributed by atoms with E-state index in [1.807, 2.05) is 13.0 Å². The molecule has 2 aromatic heterocycles. The van der Waals surface area contributed by atoms with Gasteiger partial charge in [-0.15, -0.1) is 0 Å². The van der Waals surface area contributed by atoms with Crippen molar-refractivity contribution >= 4 is 46.3 Å². The second kappa shape index (κ2) is 11.2. The first-order valence-electron chi connectivity index (χ1n) is 14.7. The summed E-state index contributed by atoms with van der Waals surface area (Å²) in [5.41, 5.74) is 4.01. The second-order valence-corrected chi connectivity index (χ2v) is 12.6. The first kappa shape index (κ1) is 28.3. The molecule has 7 rings (SSSR count). The van der Waals surface area contributed by atoms with Crippen molar-refractivity contribution in [1.29, 1.82) is 0 Å². The normalized spacial score (nSPS) is 22.3. The maximum absolute atomic E-state index is 11.7. The summed E-state index contributed by atoms with van der Waals surface area (Å²) in [4.78, 5) is 23.5. The van der Waals surface area contributed by atoms with Crippen LogP contribution < -0.4 is 4.74 Å². The fraction of sp³-hybridized carbons (Fsp3) is 0.364. The van der Waals surface area contributed by atoms with Crippen LogP contribution in [-0.4, -0.2) is 56.3 Å². The molecule has 0 saturated carbocycles. The summed E-state index contributed by atoms with van der Waals surface area (Å²) in [5, 5.41) is 10.5. The molecule has 10 heteroatoms. The van der Waals surface area contributed by atoms with Crippen LogP contribution in [0, 0.1) is 0 Å². The molecule has 3 aliphatic rings. The van der Waals surface area contributed by atoms with Gasteiger partial charge in [0.15, 0.2) is 5.60 Å². The number of likely N-dealkylation sites (tertiary alicyclic amines) is 1. The van der Waals surface area contributed by atoms with Crippen molar-refractivity contribution in [1.82, 2.24) is 19.4 Å². The Kier molecular flexibility index (Phi) is 7.42. The molecule has 0 bridgehead atoms. The Morgan fingerprint density at radius 2 is 1.95 bits per heavy atom. The molecule has 0 amide bonds. The molecular weight excluding hydrogens is 587 g/mol. The van der Waals surface area contributed by atoms with Gasteiger partial charge in [0.05, 0.1) is 45.8 Å². The highest BCUT2D eigenvalue weighted by molar-refractivity contribution is 6.34. The van der Waals surface area contributed by atoms with E-state index in [1.54, 1.807) is 30.5 Å². The van der Waals surface area contributed by atoms with Crippen LogP contribution in [0.2, 0.25) is 10.0 Å². The molecule has 0 spiro atoms. The molecule has 3 aliphatic heterocycles. The lowest BCUT2D eigenvalue weighted by atomic mass is 9.86. The number of piperidine rings is 1. The van der Waals surface area contributed by atoms with E-state index in [1.165, 1.54) is 5.56 Å². The molecule has 1 N–H and O–H groups in total. The number of aromatic nitrogens is 3. The Balaban J connectivity index is 1.09. The van der Waals surface area contributed by atoms with Crippen LogP contribution in [0.5, 0.6) is 5.75 Å². The van der Waals surface area contributed by atoms with Crippen molar-refractivity contribution < 1.29 is 19.4 Å². The minimum Gasteiger partial charge on any atom is -0.478 e. The van der Waals surface area contributed by atoms with Gasteiger partial charge in [-0.3, -0.25) is 9.88 Å². The topological polar surface area (TPSA) is 89.7 Å². The SMILES string of the molecule is CC1(c2ncc(Cl)cc2Cl)C=Cc2cccc(C3CCN(Cc4nc5ccc(C(=O)O)cc5n4CC4CCO4)CC3)c2O1. The van der Waals surface area contributed by atoms with Crippen LogP contribution in [0.3, 0.4) is 0 Å². The molecule has 222 valence electrons. The first-order valence-corrected chi connectivity index (χ1v) is 15.4. The van der Waals surface area contributed by atoms with E-state index in [-0.39, 0.29) is 11.7 Å². The molecule has 5 heterocycles. The fourth-order valence-electron chi connectivity index (χ4n) is 6.41. The third-order valence-electron chi connectivity index (χ3n) is 8.90. The Labute approximate surface area is 259 Å². The van der Waals surface area contributed by atoms with Crippen molar-refractivity contribution in [2.75, 3.05) is 19.7 Å². The van der Waals surface area contributed by atoms with Crippen LogP contribution in [0.1, 0.15) is 65.1 Å². The highest BCUT2D eigenvalue weighted by Gasteiger charge is 2.36. The monoisotopic (exact) mass is 618 g/mol. The molecule has 2 saturated heterocycles. The van der Waals surface area contributed by atoms with Crippen molar-refractivity contribution in [3.63, 3.8) is 0 Å². The van der Waals surface area contributed by atoms with Gasteiger partial charge in [-0.2, -0.15) is 0 Å². The fourth-order valence-corrected chi connectivity index (χ4v) is 6.98. The molecule has 0 radical (unpaired) electrons. The molecule has 43 heavy (non-hydrogen) atoms. The van der Waals surface area contributed by atoms with Gasteiger partial charge >= 0.3 is 5.97 Å². The van der Waals surface area contributed by atoms with Gasteiger partial charge in [-0.25, -0.2) is 9.78 Å². The first-order chi connectivity index (χ1) is 20.8. The average molecular weight is 620 g/mol. The Hall–Kier alpha value is -3.43. The Bertz CT molecular complexity index is 1740. The number of para-hydroxylation sites is 1. The Morgan fingerprint density at radius 1 is 1.14 bits per heavy atom. The van der Waals surface area contributed by atoms with Gasteiger partial charge in [0.25, 0.3) is 0 Å². The lowest BCUT2D eigenvalue weighted by Crippen LogP contribution is -2.36. The molecule has 2 aromatic carbocycles. The van der Waals surface area contributed by atoms with E-state index < -0.39 is 11.6 Å². The zero-order chi connectivity index (χ0) is 29.7. The number of fused-ring (bicyclic) bond motifs is 2. The number of hydrogen-bond acceptors (Lipinski definition) is 6. The summed E-state index contributed by atoms with van der Waals surface area (Å²) < 4.78 is 14.6. The van der Waals surface area contributed by atoms with Crippen molar-refractivity contribution in [3.8, 4) is 5.75 Å². The number of pyridine rings is 1. The van der Waals surface area contributed by atoms with Crippen LogP contribution in [0.15, 0.2) is 54.7 Å². The highest BCUT2D eigenvalue weighted by atomic mass is 35.5. The van der Waals surface area contributed by atoms with E-state index in [9.17, 15) is 9.90 Å². The van der Waals surface area contributed by atoms with E-state index in [0.29, 0.717) is 34.7 Å². The Morgan fingerprint density at radius 3 is 2.67 bits per heavy atom. The highest BCUT2D eigenvalue weighted by Crippen LogP contribution is 2.44. The number of carboxylic acid groups (broad SMARTS) is 1. The second-order valence-electron chi connectivity index (χ2n) is 11.8. The van der Waals surface area contributed by atoms with Gasteiger partial charge < -0.3 is 19.1 Å². The van der Waals surface area contributed by atoms with E-state index >= 15 is 0 Å². The van der Waals surface area contributed by atoms with Gasteiger partial charge in [-0.1, -0.05) is 47.5 Å². The third kappa shape index (κ3) is 5.42. The minimum atomic E-state index is -0.937. The largest absolute Gasteiger partial charge is 0.478 e. The van der Waals surface area contributed by atoms with Gasteiger partial charge in [0.2, 0.25) is 0 Å². The predicted octanol–water partition coefficient (Wildman–Crippen LogP) is 6.93. The molecule has 2 atom stereocenters. The number of benzene rings is 2. The molecule has 0 aliphatic carbocycles. The minimum absolute atomic E-state index is 0.136. The van der Waals surface area contributed by atoms with Crippen molar-refractivity contribution in [2.24, 2.45) is 0 Å². The smallest absolute Gasteiger partial charge is 0.335 e. The van der Waals surface area contributed by atoms with Gasteiger partial charge in [-0.05, 0) is 81.1 Å². The summed E-state index contributed by atoms with van der Waals surface area (Å²) >= 11 is 12.7. The number of rotatable bonds is 7. The average Bonchev–Trinajstić information content (AvgIpc) is 3.30. The number of ether oxygens (including phenoxy) is 2. The number of carbonyl (C=O) groups is 1. The lowest BCUT2D eigenvalue weighted by Gasteiger charge is -2.36. The zero-order valence-electron chi connectivity index (χ0n) is 23.8. The van der Waals surface area contributed by atoms with Crippen LogP contribution >= 0.6 is 23.2 Å². The number of carboxylic acids is 1. The molecule has 2 unspecified atom stereocenters. The zero-order valence-corrected chi connectivity index (χ0v) is 25.3. The summed E-state index contributed by atoms with van der Waals surface area (Å²) in [6, 6.07) is 13.2. The molecular formula is C33H32Cl2N4O4. The van der Waals surface area contributed by atoms with Gasteiger partial charge in [0, 0.05) is 18.4 Å². The quantitative estimate of drug-likeness (QED) is 0.240. The van der Waals surface area contributed by atoms with Gasteiger partial charge in [0.1, 0.15) is 17.3 Å². The standard InChI is InChI=1S/C33H32Cl2N4O4/c1-33(31-26(35)16-23(34)17-36-31)11-7-21-3-2-4-25(30(21)43-33)20-8-12-38(13-9-20)19-29-37-27-6-5-22(32(40)41)15-28(27)39(29)18-24-10-14-42-24/h2-7,11,15-17,20,24H,8-10,12-14,18-19H2,1H3,(H,40,41). The summed E-state index contributed by atoms with van der Waals surface area (Å²) in [7, 11) is 0.